The molecule has 0 aromatic heterocycles. The van der Waals surface area contributed by atoms with Gasteiger partial charge in [0.25, 0.3) is 0 Å². The minimum Gasteiger partial charge on any atom is -0.488 e. The molecule has 1 N–H and O–H groups in total. The van der Waals surface area contributed by atoms with E-state index in [9.17, 15) is 0 Å². The maximum absolute atomic E-state index is 6.15. The second-order valence-corrected chi connectivity index (χ2v) is 5.00. The van der Waals surface area contributed by atoms with Crippen LogP contribution in [0.2, 0.25) is 5.02 Å². The Labute approximate surface area is 113 Å². The minimum atomic E-state index is 0.288. The highest BCUT2D eigenvalue weighted by Gasteiger charge is 2.08. The molecule has 94 valence electrons. The van der Waals surface area contributed by atoms with E-state index in [2.05, 4.69) is 25.7 Å². The third-order valence-corrected chi connectivity index (χ3v) is 2.61. The summed E-state index contributed by atoms with van der Waals surface area (Å²) in [6.45, 7) is 8.71. The van der Waals surface area contributed by atoms with Crippen molar-refractivity contribution in [2.24, 2.45) is 0 Å². The second-order valence-electron chi connectivity index (χ2n) is 4.06. The molecule has 0 fully saturated rings. The van der Waals surface area contributed by atoms with Crippen molar-refractivity contribution in [3.8, 4) is 5.75 Å². The molecule has 1 aromatic rings. The second kappa shape index (κ2) is 6.90. The summed E-state index contributed by atoms with van der Waals surface area (Å²) in [5.41, 5.74) is 0.945. The van der Waals surface area contributed by atoms with Crippen LogP contribution in [0.25, 0.3) is 0 Å². The van der Waals surface area contributed by atoms with E-state index in [0.29, 0.717) is 22.6 Å². The zero-order valence-electron chi connectivity index (χ0n) is 10.1. The smallest absolute Gasteiger partial charge is 0.125 e. The lowest BCUT2D eigenvalue weighted by Gasteiger charge is -2.14. The van der Waals surface area contributed by atoms with Crippen LogP contribution >= 0.6 is 23.2 Å². The highest BCUT2D eigenvalue weighted by Crippen LogP contribution is 2.26. The van der Waals surface area contributed by atoms with Crippen LogP contribution in [0.1, 0.15) is 19.4 Å². The van der Waals surface area contributed by atoms with Gasteiger partial charge in [-0.25, -0.2) is 0 Å². The summed E-state index contributed by atoms with van der Waals surface area (Å²) >= 11 is 11.8. The van der Waals surface area contributed by atoms with Crippen molar-refractivity contribution in [3.05, 3.63) is 40.4 Å². The van der Waals surface area contributed by atoms with Crippen molar-refractivity contribution in [3.63, 3.8) is 0 Å². The number of hydrogen-bond acceptors (Lipinski definition) is 2. The summed E-state index contributed by atoms with van der Waals surface area (Å²) in [7, 11) is 0. The van der Waals surface area contributed by atoms with Gasteiger partial charge in [-0.05, 0) is 12.1 Å². The molecule has 17 heavy (non-hydrogen) atoms. The Morgan fingerprint density at radius 3 is 2.76 bits per heavy atom. The minimum absolute atomic E-state index is 0.288. The molecule has 0 radical (unpaired) electrons. The Kier molecular flexibility index (Phi) is 5.83. The zero-order chi connectivity index (χ0) is 12.8. The summed E-state index contributed by atoms with van der Waals surface area (Å²) in [4.78, 5) is 0. The summed E-state index contributed by atoms with van der Waals surface area (Å²) < 4.78 is 5.56. The molecule has 1 aromatic carbocycles. The highest BCUT2D eigenvalue weighted by molar-refractivity contribution is 6.31. The molecule has 0 saturated carbocycles. The van der Waals surface area contributed by atoms with Crippen molar-refractivity contribution in [2.45, 2.75) is 26.4 Å². The number of nitrogens with one attached hydrogen (secondary N) is 1. The molecule has 4 heteroatoms. The van der Waals surface area contributed by atoms with Crippen LogP contribution in [-0.4, -0.2) is 12.6 Å². The molecule has 0 bridgehead atoms. The third kappa shape index (κ3) is 4.99. The average molecular weight is 274 g/mol. The fourth-order valence-corrected chi connectivity index (χ4v) is 1.60. The highest BCUT2D eigenvalue weighted by atomic mass is 35.5. The standard InChI is InChI=1S/C13H17Cl2NO/c1-9(2)16-7-11-12(15)5-4-6-13(11)17-8-10(3)14/h4-6,9,16H,3,7-8H2,1-2H3. The molecule has 0 unspecified atom stereocenters. The van der Waals surface area contributed by atoms with Gasteiger partial charge in [-0.15, -0.1) is 0 Å². The van der Waals surface area contributed by atoms with Crippen molar-refractivity contribution in [1.82, 2.24) is 5.32 Å². The van der Waals surface area contributed by atoms with Gasteiger partial charge in [-0.2, -0.15) is 0 Å². The maximum Gasteiger partial charge on any atom is 0.125 e. The van der Waals surface area contributed by atoms with E-state index < -0.39 is 0 Å². The number of rotatable bonds is 6. The van der Waals surface area contributed by atoms with E-state index in [0.717, 1.165) is 11.3 Å². The molecule has 0 aliphatic carbocycles. The number of hydrogen-bond donors (Lipinski definition) is 1. The predicted molar refractivity (Wildman–Crippen MR) is 73.9 cm³/mol. The molecule has 1 rings (SSSR count). The normalized spacial score (nSPS) is 10.6. The monoisotopic (exact) mass is 273 g/mol. The quantitative estimate of drug-likeness (QED) is 0.847. The molecule has 0 heterocycles. The van der Waals surface area contributed by atoms with E-state index in [1.807, 2.05) is 18.2 Å². The van der Waals surface area contributed by atoms with E-state index in [-0.39, 0.29) is 6.61 Å². The first kappa shape index (κ1) is 14.4. The van der Waals surface area contributed by atoms with E-state index in [1.54, 1.807) is 0 Å². The average Bonchev–Trinajstić information content (AvgIpc) is 2.24. The van der Waals surface area contributed by atoms with Crippen LogP contribution in [0.4, 0.5) is 0 Å². The molecule has 0 aliphatic heterocycles. The van der Waals surface area contributed by atoms with Crippen LogP contribution in [0.3, 0.4) is 0 Å². The van der Waals surface area contributed by atoms with Crippen LogP contribution in [-0.2, 0) is 6.54 Å². The van der Waals surface area contributed by atoms with Crippen molar-refractivity contribution >= 4 is 23.2 Å². The molecule has 0 atom stereocenters. The van der Waals surface area contributed by atoms with Gasteiger partial charge < -0.3 is 10.1 Å². The SMILES string of the molecule is C=C(Cl)COc1cccc(Cl)c1CNC(C)C. The fourth-order valence-electron chi connectivity index (χ4n) is 1.31. The molecular weight excluding hydrogens is 257 g/mol. The van der Waals surface area contributed by atoms with Gasteiger partial charge in [0, 0.05) is 28.2 Å². The summed E-state index contributed by atoms with van der Waals surface area (Å²) in [6, 6.07) is 5.97. The third-order valence-electron chi connectivity index (χ3n) is 2.15. The van der Waals surface area contributed by atoms with Gasteiger partial charge in [0.05, 0.1) is 0 Å². The Hall–Kier alpha value is -0.700. The molecule has 0 amide bonds. The number of ether oxygens (including phenoxy) is 1. The summed E-state index contributed by atoms with van der Waals surface area (Å²) in [6.07, 6.45) is 0. The van der Waals surface area contributed by atoms with Crippen LogP contribution < -0.4 is 10.1 Å². The molecular formula is C13H17Cl2NO. The molecule has 0 saturated heterocycles. The van der Waals surface area contributed by atoms with E-state index in [4.69, 9.17) is 27.9 Å². The van der Waals surface area contributed by atoms with Crippen LogP contribution in [0.5, 0.6) is 5.75 Å². The largest absolute Gasteiger partial charge is 0.488 e. The Balaban J connectivity index is 2.80. The molecule has 0 spiro atoms. The Bertz CT molecular complexity index is 391. The lowest BCUT2D eigenvalue weighted by atomic mass is 10.2. The Morgan fingerprint density at radius 2 is 2.18 bits per heavy atom. The lowest BCUT2D eigenvalue weighted by Crippen LogP contribution is -2.22. The lowest BCUT2D eigenvalue weighted by molar-refractivity contribution is 0.353. The van der Waals surface area contributed by atoms with Crippen molar-refractivity contribution in [2.75, 3.05) is 6.61 Å². The van der Waals surface area contributed by atoms with Crippen molar-refractivity contribution in [1.29, 1.82) is 0 Å². The topological polar surface area (TPSA) is 21.3 Å². The van der Waals surface area contributed by atoms with Gasteiger partial charge >= 0.3 is 0 Å². The first-order valence-electron chi connectivity index (χ1n) is 5.47. The first-order valence-corrected chi connectivity index (χ1v) is 6.23. The van der Waals surface area contributed by atoms with Gasteiger partial charge in [-0.1, -0.05) is 49.7 Å². The molecule has 0 aliphatic rings. The predicted octanol–water partition coefficient (Wildman–Crippen LogP) is 3.97. The van der Waals surface area contributed by atoms with Gasteiger partial charge in [0.15, 0.2) is 0 Å². The first-order chi connectivity index (χ1) is 8.00. The maximum atomic E-state index is 6.15. The van der Waals surface area contributed by atoms with Gasteiger partial charge in [-0.3, -0.25) is 0 Å². The summed E-state index contributed by atoms with van der Waals surface area (Å²) in [5.74, 6) is 0.743. The summed E-state index contributed by atoms with van der Waals surface area (Å²) in [5, 5.41) is 4.47. The Morgan fingerprint density at radius 1 is 1.47 bits per heavy atom. The fraction of sp³-hybridized carbons (Fsp3) is 0.385. The van der Waals surface area contributed by atoms with Crippen molar-refractivity contribution < 1.29 is 4.74 Å². The van der Waals surface area contributed by atoms with Gasteiger partial charge in [0.1, 0.15) is 12.4 Å². The van der Waals surface area contributed by atoms with Crippen LogP contribution in [0.15, 0.2) is 29.8 Å². The van der Waals surface area contributed by atoms with E-state index >= 15 is 0 Å². The number of halogens is 2. The molecule has 2 nitrogen and oxygen atoms in total. The number of benzene rings is 1. The van der Waals surface area contributed by atoms with E-state index in [1.165, 1.54) is 0 Å². The van der Waals surface area contributed by atoms with Crippen LogP contribution in [0, 0.1) is 0 Å². The van der Waals surface area contributed by atoms with Gasteiger partial charge in [0.2, 0.25) is 0 Å². The zero-order valence-corrected chi connectivity index (χ0v) is 11.6.